The van der Waals surface area contributed by atoms with Crippen molar-refractivity contribution in [3.63, 3.8) is 0 Å². The van der Waals surface area contributed by atoms with Crippen LogP contribution in [-0.2, 0) is 11.2 Å². The Hall–Kier alpha value is -2.04. The highest BCUT2D eigenvalue weighted by molar-refractivity contribution is 6.33. The van der Waals surface area contributed by atoms with Crippen molar-refractivity contribution in [2.45, 2.75) is 13.3 Å². The molecule has 1 aliphatic rings. The number of carbonyl (C=O) groups is 1. The quantitative estimate of drug-likeness (QED) is 0.911. The zero-order chi connectivity index (χ0) is 16.9. The maximum Gasteiger partial charge on any atom is 0.255 e. The minimum Gasteiger partial charge on any atom is -0.378 e. The van der Waals surface area contributed by atoms with Crippen molar-refractivity contribution in [1.29, 1.82) is 0 Å². The van der Waals surface area contributed by atoms with Gasteiger partial charge in [0.05, 0.1) is 23.9 Å². The maximum atomic E-state index is 12.3. The highest BCUT2D eigenvalue weighted by Gasteiger charge is 2.15. The van der Waals surface area contributed by atoms with E-state index in [1.807, 2.05) is 36.4 Å². The number of ether oxygens (including phenoxy) is 1. The van der Waals surface area contributed by atoms with Crippen LogP contribution in [0, 0.1) is 0 Å². The molecule has 1 N–H and O–H groups in total. The van der Waals surface area contributed by atoms with Gasteiger partial charge >= 0.3 is 0 Å². The Kier molecular flexibility index (Phi) is 5.38. The van der Waals surface area contributed by atoms with Gasteiger partial charge in [-0.25, -0.2) is 0 Å². The predicted octanol–water partition coefficient (Wildman–Crippen LogP) is 3.99. The molecule has 24 heavy (non-hydrogen) atoms. The van der Waals surface area contributed by atoms with Crippen LogP contribution in [0.2, 0.25) is 5.02 Å². The lowest BCUT2D eigenvalue weighted by molar-refractivity contribution is 0.102. The second kappa shape index (κ2) is 7.69. The monoisotopic (exact) mass is 344 g/mol. The third kappa shape index (κ3) is 3.89. The number of benzene rings is 2. The minimum absolute atomic E-state index is 0.132. The molecule has 0 aromatic heterocycles. The van der Waals surface area contributed by atoms with E-state index < -0.39 is 0 Å². The third-order valence-electron chi connectivity index (χ3n) is 4.18. The number of nitrogens with zero attached hydrogens (tertiary/aromatic N) is 1. The lowest BCUT2D eigenvalue weighted by Gasteiger charge is -2.29. The molecule has 0 aliphatic carbocycles. The van der Waals surface area contributed by atoms with Crippen LogP contribution in [0.15, 0.2) is 42.5 Å². The zero-order valence-corrected chi connectivity index (χ0v) is 14.5. The van der Waals surface area contributed by atoms with Gasteiger partial charge in [0.2, 0.25) is 0 Å². The number of hydrogen-bond donors (Lipinski definition) is 1. The van der Waals surface area contributed by atoms with Crippen LogP contribution in [0.1, 0.15) is 22.8 Å². The van der Waals surface area contributed by atoms with Gasteiger partial charge in [0, 0.05) is 24.3 Å². The van der Waals surface area contributed by atoms with E-state index in [1.165, 1.54) is 5.56 Å². The van der Waals surface area contributed by atoms with Crippen molar-refractivity contribution in [2.24, 2.45) is 0 Å². The fourth-order valence-electron chi connectivity index (χ4n) is 2.74. The first-order valence-electron chi connectivity index (χ1n) is 8.20. The molecular weight excluding hydrogens is 324 g/mol. The van der Waals surface area contributed by atoms with Crippen molar-refractivity contribution < 1.29 is 9.53 Å². The van der Waals surface area contributed by atoms with Gasteiger partial charge in [-0.1, -0.05) is 30.7 Å². The molecule has 0 spiro atoms. The average Bonchev–Trinajstić information content (AvgIpc) is 2.62. The van der Waals surface area contributed by atoms with Gasteiger partial charge in [-0.2, -0.15) is 0 Å². The Morgan fingerprint density at radius 1 is 1.17 bits per heavy atom. The van der Waals surface area contributed by atoms with Gasteiger partial charge in [0.25, 0.3) is 5.91 Å². The molecule has 0 radical (unpaired) electrons. The summed E-state index contributed by atoms with van der Waals surface area (Å²) >= 11 is 6.40. The SMILES string of the molecule is CCc1ccc(C(=O)Nc2ccc(N3CCOCC3)c(Cl)c2)cc1. The number of amides is 1. The second-order valence-corrected chi connectivity index (χ2v) is 6.18. The molecule has 1 amide bonds. The Balaban J connectivity index is 1.70. The predicted molar refractivity (Wildman–Crippen MR) is 98.3 cm³/mol. The summed E-state index contributed by atoms with van der Waals surface area (Å²) in [5.74, 6) is -0.132. The molecule has 1 heterocycles. The standard InChI is InChI=1S/C19H21ClN2O2/c1-2-14-3-5-15(6-4-14)19(23)21-16-7-8-18(17(20)13-16)22-9-11-24-12-10-22/h3-8,13H,2,9-12H2,1H3,(H,21,23). The molecule has 1 saturated heterocycles. The summed E-state index contributed by atoms with van der Waals surface area (Å²) in [7, 11) is 0. The van der Waals surface area contributed by atoms with Gasteiger partial charge in [-0.3, -0.25) is 4.79 Å². The molecule has 3 rings (SSSR count). The molecule has 0 unspecified atom stereocenters. The molecule has 0 bridgehead atoms. The van der Waals surface area contributed by atoms with E-state index >= 15 is 0 Å². The molecule has 2 aromatic rings. The van der Waals surface area contributed by atoms with Crippen LogP contribution >= 0.6 is 11.6 Å². The van der Waals surface area contributed by atoms with E-state index in [4.69, 9.17) is 16.3 Å². The number of nitrogens with one attached hydrogen (secondary N) is 1. The van der Waals surface area contributed by atoms with Crippen LogP contribution in [0.3, 0.4) is 0 Å². The van der Waals surface area contributed by atoms with Crippen LogP contribution in [-0.4, -0.2) is 32.2 Å². The van der Waals surface area contributed by atoms with E-state index in [-0.39, 0.29) is 5.91 Å². The fourth-order valence-corrected chi connectivity index (χ4v) is 3.04. The molecule has 2 aromatic carbocycles. The Bertz CT molecular complexity index is 710. The van der Waals surface area contributed by atoms with Crippen molar-refractivity contribution >= 4 is 28.9 Å². The number of carbonyl (C=O) groups excluding carboxylic acids is 1. The molecule has 4 nitrogen and oxygen atoms in total. The number of hydrogen-bond acceptors (Lipinski definition) is 3. The number of halogens is 1. The summed E-state index contributed by atoms with van der Waals surface area (Å²) in [6.07, 6.45) is 0.959. The summed E-state index contributed by atoms with van der Waals surface area (Å²) in [4.78, 5) is 14.5. The number of anilines is 2. The summed E-state index contributed by atoms with van der Waals surface area (Å²) in [6.45, 7) is 5.17. The largest absolute Gasteiger partial charge is 0.378 e. The Labute approximate surface area is 147 Å². The highest BCUT2D eigenvalue weighted by atomic mass is 35.5. The summed E-state index contributed by atoms with van der Waals surface area (Å²) in [5, 5.41) is 3.54. The lowest BCUT2D eigenvalue weighted by atomic mass is 10.1. The van der Waals surface area contributed by atoms with Crippen molar-refractivity contribution in [3.8, 4) is 0 Å². The van der Waals surface area contributed by atoms with Gasteiger partial charge in [-0.05, 0) is 42.3 Å². The molecule has 0 atom stereocenters. The van der Waals surface area contributed by atoms with Crippen molar-refractivity contribution in [3.05, 3.63) is 58.6 Å². The number of aryl methyl sites for hydroxylation is 1. The van der Waals surface area contributed by atoms with E-state index in [1.54, 1.807) is 6.07 Å². The topological polar surface area (TPSA) is 41.6 Å². The Morgan fingerprint density at radius 2 is 1.88 bits per heavy atom. The summed E-state index contributed by atoms with van der Waals surface area (Å²) in [5.41, 5.74) is 3.52. The zero-order valence-electron chi connectivity index (χ0n) is 13.7. The molecule has 1 aliphatic heterocycles. The lowest BCUT2D eigenvalue weighted by Crippen LogP contribution is -2.36. The van der Waals surface area contributed by atoms with Gasteiger partial charge in [0.1, 0.15) is 0 Å². The van der Waals surface area contributed by atoms with Gasteiger partial charge < -0.3 is 15.0 Å². The normalized spacial score (nSPS) is 14.5. The second-order valence-electron chi connectivity index (χ2n) is 5.77. The average molecular weight is 345 g/mol. The maximum absolute atomic E-state index is 12.3. The van der Waals surface area contributed by atoms with Gasteiger partial charge in [-0.15, -0.1) is 0 Å². The molecule has 5 heteroatoms. The van der Waals surface area contributed by atoms with Gasteiger partial charge in [0.15, 0.2) is 0 Å². The fraction of sp³-hybridized carbons (Fsp3) is 0.316. The van der Waals surface area contributed by atoms with E-state index in [2.05, 4.69) is 17.1 Å². The number of rotatable bonds is 4. The van der Waals surface area contributed by atoms with Crippen molar-refractivity contribution in [2.75, 3.05) is 36.5 Å². The Morgan fingerprint density at radius 3 is 2.50 bits per heavy atom. The highest BCUT2D eigenvalue weighted by Crippen LogP contribution is 2.29. The first-order valence-corrected chi connectivity index (χ1v) is 8.57. The minimum atomic E-state index is -0.132. The summed E-state index contributed by atoms with van der Waals surface area (Å²) in [6, 6.07) is 13.3. The smallest absolute Gasteiger partial charge is 0.255 e. The summed E-state index contributed by atoms with van der Waals surface area (Å²) < 4.78 is 5.36. The van der Waals surface area contributed by atoms with E-state index in [0.717, 1.165) is 25.2 Å². The van der Waals surface area contributed by atoms with Crippen LogP contribution < -0.4 is 10.2 Å². The third-order valence-corrected chi connectivity index (χ3v) is 4.48. The first kappa shape index (κ1) is 16.8. The molecule has 126 valence electrons. The molecule has 1 fully saturated rings. The van der Waals surface area contributed by atoms with E-state index in [0.29, 0.717) is 29.5 Å². The van der Waals surface area contributed by atoms with Crippen LogP contribution in [0.4, 0.5) is 11.4 Å². The van der Waals surface area contributed by atoms with E-state index in [9.17, 15) is 4.79 Å². The van der Waals surface area contributed by atoms with Crippen LogP contribution in [0.25, 0.3) is 0 Å². The first-order chi connectivity index (χ1) is 11.7. The van der Waals surface area contributed by atoms with Crippen LogP contribution in [0.5, 0.6) is 0 Å². The number of morpholine rings is 1. The molecule has 0 saturated carbocycles. The van der Waals surface area contributed by atoms with Crippen molar-refractivity contribution in [1.82, 2.24) is 0 Å². The molecular formula is C19H21ClN2O2.